The fourth-order valence-corrected chi connectivity index (χ4v) is 3.12. The van der Waals surface area contributed by atoms with Crippen molar-refractivity contribution in [3.05, 3.63) is 23.0 Å². The first-order chi connectivity index (χ1) is 11.7. The molecule has 1 aliphatic rings. The SMILES string of the molecule is CNCCN(C)C(=O)c1cc(C2CC2)nc2c1c(C)nn2C(C)(C)C.Cl.Cl. The number of carbonyl (C=O) groups excluding carboxylic acids is 1. The third-order valence-electron chi connectivity index (χ3n) is 4.74. The maximum atomic E-state index is 13.1. The molecule has 0 bridgehead atoms. The molecule has 1 saturated carbocycles. The van der Waals surface area contributed by atoms with Gasteiger partial charge in [0, 0.05) is 31.7 Å². The monoisotopic (exact) mass is 415 g/mol. The van der Waals surface area contributed by atoms with Gasteiger partial charge in [0.15, 0.2) is 5.65 Å². The molecule has 0 atom stereocenters. The first kappa shape index (κ1) is 23.7. The number of nitrogens with one attached hydrogen (secondary N) is 1. The molecule has 27 heavy (non-hydrogen) atoms. The summed E-state index contributed by atoms with van der Waals surface area (Å²) in [6.07, 6.45) is 2.31. The number of amides is 1. The Bertz CT molecular complexity index is 809. The summed E-state index contributed by atoms with van der Waals surface area (Å²) in [4.78, 5) is 19.8. The highest BCUT2D eigenvalue weighted by Crippen LogP contribution is 2.41. The van der Waals surface area contributed by atoms with Crippen LogP contribution in [0.2, 0.25) is 0 Å². The fraction of sp³-hybridized carbons (Fsp3) is 0.632. The van der Waals surface area contributed by atoms with E-state index in [0.29, 0.717) is 12.5 Å². The molecule has 6 nitrogen and oxygen atoms in total. The molecule has 0 saturated heterocycles. The number of rotatable bonds is 5. The van der Waals surface area contributed by atoms with Gasteiger partial charge in [0.25, 0.3) is 5.91 Å². The minimum Gasteiger partial charge on any atom is -0.340 e. The van der Waals surface area contributed by atoms with Crippen molar-refractivity contribution in [1.82, 2.24) is 25.0 Å². The molecule has 152 valence electrons. The number of aromatic nitrogens is 3. The minimum atomic E-state index is -0.181. The summed E-state index contributed by atoms with van der Waals surface area (Å²) < 4.78 is 1.97. The van der Waals surface area contributed by atoms with Gasteiger partial charge in [-0.05, 0) is 53.7 Å². The van der Waals surface area contributed by atoms with E-state index in [1.54, 1.807) is 4.90 Å². The first-order valence-corrected chi connectivity index (χ1v) is 9.05. The molecule has 3 rings (SSSR count). The topological polar surface area (TPSA) is 63.1 Å². The zero-order chi connectivity index (χ0) is 18.4. The van der Waals surface area contributed by atoms with Crippen LogP contribution in [0.1, 0.15) is 61.3 Å². The number of nitrogens with zero attached hydrogens (tertiary/aromatic N) is 4. The molecule has 1 amide bonds. The summed E-state index contributed by atoms with van der Waals surface area (Å²) >= 11 is 0. The van der Waals surface area contributed by atoms with Gasteiger partial charge in [-0.15, -0.1) is 24.8 Å². The number of hydrogen-bond acceptors (Lipinski definition) is 4. The number of likely N-dealkylation sites (N-methyl/N-ethyl adjacent to an activating group) is 2. The van der Waals surface area contributed by atoms with Crippen molar-refractivity contribution in [2.24, 2.45) is 0 Å². The van der Waals surface area contributed by atoms with E-state index < -0.39 is 0 Å². The Hall–Kier alpha value is -1.37. The summed E-state index contributed by atoms with van der Waals surface area (Å²) in [5, 5.41) is 8.70. The molecule has 0 unspecified atom stereocenters. The predicted octanol–water partition coefficient (Wildman–Crippen LogP) is 3.51. The van der Waals surface area contributed by atoms with Gasteiger partial charge in [-0.2, -0.15) is 5.10 Å². The Balaban J connectivity index is 0.00000182. The molecule has 0 spiro atoms. The lowest BCUT2D eigenvalue weighted by Crippen LogP contribution is -2.33. The fourth-order valence-electron chi connectivity index (χ4n) is 3.12. The van der Waals surface area contributed by atoms with Crippen LogP contribution in [-0.2, 0) is 5.54 Å². The predicted molar refractivity (Wildman–Crippen MR) is 115 cm³/mol. The van der Waals surface area contributed by atoms with Crippen LogP contribution < -0.4 is 5.32 Å². The minimum absolute atomic E-state index is 0. The second-order valence-electron chi connectivity index (χ2n) is 8.07. The van der Waals surface area contributed by atoms with Crippen LogP contribution in [0.15, 0.2) is 6.07 Å². The van der Waals surface area contributed by atoms with E-state index in [4.69, 9.17) is 10.1 Å². The van der Waals surface area contributed by atoms with E-state index in [-0.39, 0.29) is 36.3 Å². The summed E-state index contributed by atoms with van der Waals surface area (Å²) in [5.41, 5.74) is 3.28. The number of carbonyl (C=O) groups is 1. The zero-order valence-electron chi connectivity index (χ0n) is 17.0. The summed E-state index contributed by atoms with van der Waals surface area (Å²) in [7, 11) is 3.75. The van der Waals surface area contributed by atoms with Crippen LogP contribution in [0, 0.1) is 6.92 Å². The zero-order valence-corrected chi connectivity index (χ0v) is 18.6. The molecular weight excluding hydrogens is 385 g/mol. The Kier molecular flexibility index (Phi) is 7.68. The molecule has 2 aromatic heterocycles. The highest BCUT2D eigenvalue weighted by molar-refractivity contribution is 6.06. The van der Waals surface area contributed by atoms with Gasteiger partial charge in [0.1, 0.15) is 0 Å². The van der Waals surface area contributed by atoms with Crippen LogP contribution in [0.25, 0.3) is 11.0 Å². The molecule has 1 fully saturated rings. The van der Waals surface area contributed by atoms with Crippen LogP contribution in [0.5, 0.6) is 0 Å². The molecule has 0 radical (unpaired) electrons. The van der Waals surface area contributed by atoms with E-state index in [1.165, 1.54) is 0 Å². The van der Waals surface area contributed by atoms with Gasteiger partial charge in [-0.3, -0.25) is 4.79 Å². The van der Waals surface area contributed by atoms with E-state index >= 15 is 0 Å². The quantitative estimate of drug-likeness (QED) is 0.811. The van der Waals surface area contributed by atoms with Gasteiger partial charge in [-0.25, -0.2) is 9.67 Å². The first-order valence-electron chi connectivity index (χ1n) is 9.05. The van der Waals surface area contributed by atoms with Crippen molar-refractivity contribution >= 4 is 41.8 Å². The van der Waals surface area contributed by atoms with Crippen molar-refractivity contribution in [3.63, 3.8) is 0 Å². The molecule has 1 aliphatic carbocycles. The van der Waals surface area contributed by atoms with E-state index in [1.807, 2.05) is 31.8 Å². The molecule has 0 aliphatic heterocycles. The largest absolute Gasteiger partial charge is 0.340 e. The van der Waals surface area contributed by atoms with E-state index in [9.17, 15) is 4.79 Å². The van der Waals surface area contributed by atoms with Crippen molar-refractivity contribution in [2.45, 2.75) is 52.0 Å². The van der Waals surface area contributed by atoms with Gasteiger partial charge in [-0.1, -0.05) is 0 Å². The molecule has 0 aromatic carbocycles. The summed E-state index contributed by atoms with van der Waals surface area (Å²) in [5.74, 6) is 0.531. The Morgan fingerprint density at radius 3 is 2.48 bits per heavy atom. The number of fused-ring (bicyclic) bond motifs is 1. The van der Waals surface area contributed by atoms with Crippen LogP contribution in [0.3, 0.4) is 0 Å². The summed E-state index contributed by atoms with van der Waals surface area (Å²) in [6, 6.07) is 2.00. The van der Waals surface area contributed by atoms with E-state index in [2.05, 4.69) is 26.1 Å². The highest BCUT2D eigenvalue weighted by Gasteiger charge is 2.30. The van der Waals surface area contributed by atoms with Crippen molar-refractivity contribution in [3.8, 4) is 0 Å². The second kappa shape index (κ2) is 8.76. The Morgan fingerprint density at radius 1 is 1.33 bits per heavy atom. The van der Waals surface area contributed by atoms with Gasteiger partial charge in [0.05, 0.1) is 22.2 Å². The molecular formula is C19H31Cl2N5O. The number of hydrogen-bond donors (Lipinski definition) is 1. The average molecular weight is 416 g/mol. The lowest BCUT2D eigenvalue weighted by atomic mass is 10.1. The van der Waals surface area contributed by atoms with E-state index in [0.717, 1.165) is 47.4 Å². The lowest BCUT2D eigenvalue weighted by molar-refractivity contribution is 0.0798. The van der Waals surface area contributed by atoms with Crippen LogP contribution in [0.4, 0.5) is 0 Å². The molecule has 1 N–H and O–H groups in total. The van der Waals surface area contributed by atoms with Crippen LogP contribution in [-0.4, -0.2) is 52.8 Å². The van der Waals surface area contributed by atoms with Gasteiger partial charge >= 0.3 is 0 Å². The standard InChI is InChI=1S/C19H29N5O.2ClH/c1-12-16-14(18(25)23(6)10-9-20-5)11-15(13-7-8-13)21-17(16)24(22-12)19(2,3)4;;/h11,13,20H,7-10H2,1-6H3;2*1H. The normalized spacial score (nSPS) is 13.9. The van der Waals surface area contributed by atoms with Crippen molar-refractivity contribution in [2.75, 3.05) is 27.2 Å². The molecule has 2 heterocycles. The van der Waals surface area contributed by atoms with Gasteiger partial charge in [0.2, 0.25) is 0 Å². The third kappa shape index (κ3) is 4.73. The highest BCUT2D eigenvalue weighted by atomic mass is 35.5. The Labute approximate surface area is 173 Å². The van der Waals surface area contributed by atoms with Crippen LogP contribution >= 0.6 is 24.8 Å². The lowest BCUT2D eigenvalue weighted by Gasteiger charge is -2.21. The molecule has 2 aromatic rings. The Morgan fingerprint density at radius 2 is 1.96 bits per heavy atom. The number of halogens is 2. The maximum absolute atomic E-state index is 13.1. The second-order valence-corrected chi connectivity index (χ2v) is 8.07. The number of pyridine rings is 1. The van der Waals surface area contributed by atoms with Gasteiger partial charge < -0.3 is 10.2 Å². The van der Waals surface area contributed by atoms with Crippen molar-refractivity contribution < 1.29 is 4.79 Å². The smallest absolute Gasteiger partial charge is 0.254 e. The van der Waals surface area contributed by atoms with Crippen molar-refractivity contribution in [1.29, 1.82) is 0 Å². The maximum Gasteiger partial charge on any atom is 0.254 e. The average Bonchev–Trinajstić information content (AvgIpc) is 3.34. The number of aryl methyl sites for hydroxylation is 1. The molecule has 8 heteroatoms. The summed E-state index contributed by atoms with van der Waals surface area (Å²) in [6.45, 7) is 9.75. The third-order valence-corrected chi connectivity index (χ3v) is 4.74.